The van der Waals surface area contributed by atoms with Gasteiger partial charge in [-0.1, -0.05) is 41.9 Å². The van der Waals surface area contributed by atoms with Crippen molar-refractivity contribution in [2.24, 2.45) is 0 Å². The number of tetrazole rings is 1. The minimum absolute atomic E-state index is 0.107. The van der Waals surface area contributed by atoms with Crippen molar-refractivity contribution in [2.75, 3.05) is 0 Å². The Balaban J connectivity index is 1.81. The molecule has 0 saturated carbocycles. The van der Waals surface area contributed by atoms with E-state index in [9.17, 15) is 13.2 Å². The highest BCUT2D eigenvalue weighted by Crippen LogP contribution is 2.35. The van der Waals surface area contributed by atoms with Crippen LogP contribution in [0.3, 0.4) is 0 Å². The minimum atomic E-state index is -4.49. The second-order valence-corrected chi connectivity index (χ2v) is 6.08. The van der Waals surface area contributed by atoms with Gasteiger partial charge in [-0.2, -0.15) is 13.2 Å². The molecule has 0 radical (unpaired) electrons. The average molecular weight is 372 g/mol. The van der Waals surface area contributed by atoms with Gasteiger partial charge in [0, 0.05) is 6.20 Å². The SMILES string of the molecule is FC(F)(F)c1cnc(Sc2nnnn2Cc2ccccc2)c(Cl)c1. The van der Waals surface area contributed by atoms with Crippen LogP contribution in [-0.2, 0) is 12.7 Å². The zero-order valence-corrected chi connectivity index (χ0v) is 13.5. The van der Waals surface area contributed by atoms with Crippen LogP contribution in [0.15, 0.2) is 52.8 Å². The molecular formula is C14H9ClF3N5S. The van der Waals surface area contributed by atoms with E-state index in [1.807, 2.05) is 30.3 Å². The van der Waals surface area contributed by atoms with Crippen LogP contribution in [0.5, 0.6) is 0 Å². The van der Waals surface area contributed by atoms with Crippen LogP contribution in [0.2, 0.25) is 5.02 Å². The molecule has 2 heterocycles. The Hall–Kier alpha value is -2.13. The summed E-state index contributed by atoms with van der Waals surface area (Å²) in [6, 6.07) is 10.3. The fraction of sp³-hybridized carbons (Fsp3) is 0.143. The predicted molar refractivity (Wildman–Crippen MR) is 81.7 cm³/mol. The first-order chi connectivity index (χ1) is 11.4. The van der Waals surface area contributed by atoms with Gasteiger partial charge in [0.15, 0.2) is 0 Å². The summed E-state index contributed by atoms with van der Waals surface area (Å²) in [6.07, 6.45) is -3.76. The third-order valence-electron chi connectivity index (χ3n) is 3.00. The van der Waals surface area contributed by atoms with E-state index in [1.165, 1.54) is 4.68 Å². The molecule has 124 valence electrons. The van der Waals surface area contributed by atoms with Crippen molar-refractivity contribution in [1.29, 1.82) is 0 Å². The van der Waals surface area contributed by atoms with Gasteiger partial charge in [0.1, 0.15) is 5.03 Å². The molecule has 5 nitrogen and oxygen atoms in total. The molecule has 3 rings (SSSR count). The van der Waals surface area contributed by atoms with Gasteiger partial charge in [-0.3, -0.25) is 0 Å². The van der Waals surface area contributed by atoms with Crippen molar-refractivity contribution < 1.29 is 13.2 Å². The Bertz CT molecular complexity index is 838. The van der Waals surface area contributed by atoms with E-state index >= 15 is 0 Å². The second-order valence-electron chi connectivity index (χ2n) is 4.72. The fourth-order valence-electron chi connectivity index (χ4n) is 1.87. The van der Waals surface area contributed by atoms with Gasteiger partial charge in [-0.05, 0) is 33.8 Å². The molecular weight excluding hydrogens is 363 g/mol. The second kappa shape index (κ2) is 6.78. The number of nitrogens with zero attached hydrogens (tertiary/aromatic N) is 5. The van der Waals surface area contributed by atoms with Crippen molar-refractivity contribution in [1.82, 2.24) is 25.2 Å². The minimum Gasteiger partial charge on any atom is -0.247 e. The summed E-state index contributed by atoms with van der Waals surface area (Å²) in [5.74, 6) is 0. The van der Waals surface area contributed by atoms with E-state index < -0.39 is 11.7 Å². The first kappa shape index (κ1) is 16.7. The lowest BCUT2D eigenvalue weighted by molar-refractivity contribution is -0.137. The zero-order valence-electron chi connectivity index (χ0n) is 11.9. The normalized spacial score (nSPS) is 11.7. The smallest absolute Gasteiger partial charge is 0.247 e. The summed E-state index contributed by atoms with van der Waals surface area (Å²) in [5, 5.41) is 11.8. The van der Waals surface area contributed by atoms with Crippen LogP contribution in [0.4, 0.5) is 13.2 Å². The molecule has 0 saturated heterocycles. The van der Waals surface area contributed by atoms with Crippen molar-refractivity contribution in [3.63, 3.8) is 0 Å². The third-order valence-corrected chi connectivity index (χ3v) is 4.39. The highest BCUT2D eigenvalue weighted by Gasteiger charge is 2.31. The third kappa shape index (κ3) is 3.85. The lowest BCUT2D eigenvalue weighted by atomic mass is 10.2. The van der Waals surface area contributed by atoms with Crippen LogP contribution >= 0.6 is 23.4 Å². The highest BCUT2D eigenvalue weighted by molar-refractivity contribution is 7.99. The van der Waals surface area contributed by atoms with Crippen molar-refractivity contribution >= 4 is 23.4 Å². The monoisotopic (exact) mass is 371 g/mol. The first-order valence-corrected chi connectivity index (χ1v) is 7.83. The van der Waals surface area contributed by atoms with E-state index in [2.05, 4.69) is 20.5 Å². The van der Waals surface area contributed by atoms with Crippen molar-refractivity contribution in [3.8, 4) is 0 Å². The number of hydrogen-bond acceptors (Lipinski definition) is 5. The summed E-state index contributed by atoms with van der Waals surface area (Å²) in [4.78, 5) is 3.77. The Morgan fingerprint density at radius 2 is 1.92 bits per heavy atom. The lowest BCUT2D eigenvalue weighted by Gasteiger charge is -2.09. The van der Waals surface area contributed by atoms with E-state index in [-0.39, 0.29) is 10.0 Å². The molecule has 2 aromatic heterocycles. The van der Waals surface area contributed by atoms with E-state index in [4.69, 9.17) is 11.6 Å². The molecule has 1 aromatic carbocycles. The highest BCUT2D eigenvalue weighted by atomic mass is 35.5. The number of rotatable bonds is 4. The molecule has 0 amide bonds. The Morgan fingerprint density at radius 1 is 1.17 bits per heavy atom. The maximum Gasteiger partial charge on any atom is 0.417 e. The number of hydrogen-bond donors (Lipinski definition) is 0. The molecule has 0 spiro atoms. The lowest BCUT2D eigenvalue weighted by Crippen LogP contribution is -2.06. The van der Waals surface area contributed by atoms with Crippen LogP contribution in [0.1, 0.15) is 11.1 Å². The molecule has 0 N–H and O–H groups in total. The van der Waals surface area contributed by atoms with E-state index in [0.29, 0.717) is 11.7 Å². The molecule has 0 atom stereocenters. The van der Waals surface area contributed by atoms with Gasteiger partial charge in [0.05, 0.1) is 17.1 Å². The predicted octanol–water partition coefficient (Wildman–Crippen LogP) is 3.94. The molecule has 0 aliphatic rings. The van der Waals surface area contributed by atoms with Gasteiger partial charge in [0.25, 0.3) is 0 Å². The molecule has 0 unspecified atom stereocenters. The molecule has 0 fully saturated rings. The van der Waals surface area contributed by atoms with Gasteiger partial charge in [-0.15, -0.1) is 5.10 Å². The largest absolute Gasteiger partial charge is 0.417 e. The zero-order chi connectivity index (χ0) is 17.2. The number of halogens is 4. The summed E-state index contributed by atoms with van der Waals surface area (Å²) < 4.78 is 39.4. The standard InChI is InChI=1S/C14H9ClF3N5S/c15-11-6-10(14(16,17)18)7-19-12(11)24-13-20-21-22-23(13)8-9-4-2-1-3-5-9/h1-7H,8H2. The number of benzene rings is 1. The van der Waals surface area contributed by atoms with Crippen LogP contribution in [-0.4, -0.2) is 25.2 Å². The molecule has 0 aliphatic carbocycles. The topological polar surface area (TPSA) is 56.5 Å². The van der Waals surface area contributed by atoms with Crippen LogP contribution in [0, 0.1) is 0 Å². The summed E-state index contributed by atoms with van der Waals surface area (Å²) in [5.41, 5.74) is 0.0823. The van der Waals surface area contributed by atoms with Crippen molar-refractivity contribution in [2.45, 2.75) is 22.9 Å². The molecule has 0 aliphatic heterocycles. The molecule has 0 bridgehead atoms. The summed E-state index contributed by atoms with van der Waals surface area (Å²) in [7, 11) is 0. The number of alkyl halides is 3. The van der Waals surface area contributed by atoms with Crippen LogP contribution in [0.25, 0.3) is 0 Å². The van der Waals surface area contributed by atoms with Gasteiger partial charge < -0.3 is 0 Å². The van der Waals surface area contributed by atoms with E-state index in [1.54, 1.807) is 0 Å². The fourth-order valence-corrected chi connectivity index (χ4v) is 2.87. The first-order valence-electron chi connectivity index (χ1n) is 6.64. The quantitative estimate of drug-likeness (QED) is 0.695. The van der Waals surface area contributed by atoms with Crippen LogP contribution < -0.4 is 0 Å². The van der Waals surface area contributed by atoms with Crippen molar-refractivity contribution in [3.05, 3.63) is 58.7 Å². The Kier molecular flexibility index (Phi) is 4.72. The molecule has 3 aromatic rings. The Labute approximate surface area is 143 Å². The van der Waals surface area contributed by atoms with Gasteiger partial charge >= 0.3 is 6.18 Å². The summed E-state index contributed by atoms with van der Waals surface area (Å²) >= 11 is 6.91. The molecule has 24 heavy (non-hydrogen) atoms. The Morgan fingerprint density at radius 3 is 2.58 bits per heavy atom. The summed E-state index contributed by atoms with van der Waals surface area (Å²) in [6.45, 7) is 0.425. The number of aromatic nitrogens is 5. The maximum absolute atomic E-state index is 12.6. The van der Waals surface area contributed by atoms with E-state index in [0.717, 1.165) is 29.6 Å². The average Bonchev–Trinajstić information content (AvgIpc) is 2.96. The maximum atomic E-state index is 12.6. The number of pyridine rings is 1. The molecule has 10 heteroatoms. The van der Waals surface area contributed by atoms with Gasteiger partial charge in [0.2, 0.25) is 5.16 Å². The van der Waals surface area contributed by atoms with Gasteiger partial charge in [-0.25, -0.2) is 9.67 Å².